The summed E-state index contributed by atoms with van der Waals surface area (Å²) in [4.78, 5) is 19.8. The highest BCUT2D eigenvalue weighted by atomic mass is 16.5. The van der Waals surface area contributed by atoms with Gasteiger partial charge in [0, 0.05) is 13.0 Å². The predicted molar refractivity (Wildman–Crippen MR) is 94.1 cm³/mol. The number of carbonyl (C=O) groups is 1. The number of fused-ring (bicyclic) bond motifs is 1. The van der Waals surface area contributed by atoms with Gasteiger partial charge in [-0.05, 0) is 36.8 Å². The molecule has 24 heavy (non-hydrogen) atoms. The summed E-state index contributed by atoms with van der Waals surface area (Å²) in [6.07, 6.45) is 1.05. The number of amides is 1. The van der Waals surface area contributed by atoms with E-state index in [0.717, 1.165) is 28.2 Å². The maximum atomic E-state index is 12.0. The number of nitrogens with one attached hydrogen (secondary N) is 2. The minimum absolute atomic E-state index is 0.00951. The van der Waals surface area contributed by atoms with E-state index in [1.165, 1.54) is 0 Å². The molecule has 3 aromatic rings. The van der Waals surface area contributed by atoms with Crippen molar-refractivity contribution in [2.45, 2.75) is 19.8 Å². The summed E-state index contributed by atoms with van der Waals surface area (Å²) in [5.74, 6) is 1.72. The molecular formula is C19H21N3O2. The second kappa shape index (κ2) is 7.64. The highest BCUT2D eigenvalue weighted by molar-refractivity contribution is 5.78. The second-order valence-corrected chi connectivity index (χ2v) is 5.55. The largest absolute Gasteiger partial charge is 0.494 e. The molecule has 1 aromatic heterocycles. The normalized spacial score (nSPS) is 10.7. The first-order chi connectivity index (χ1) is 11.7. The fraction of sp³-hybridized carbons (Fsp3) is 0.263. The molecule has 0 bridgehead atoms. The molecular weight excluding hydrogens is 302 g/mol. The average molecular weight is 323 g/mol. The molecule has 0 unspecified atom stereocenters. The summed E-state index contributed by atoms with van der Waals surface area (Å²) < 4.78 is 5.39. The lowest BCUT2D eigenvalue weighted by Gasteiger charge is -2.06. The van der Waals surface area contributed by atoms with Crippen LogP contribution in [-0.4, -0.2) is 29.0 Å². The van der Waals surface area contributed by atoms with Crippen LogP contribution >= 0.6 is 0 Å². The Balaban J connectivity index is 1.46. The number of para-hydroxylation sites is 2. The molecule has 1 heterocycles. The number of ether oxygens (including phenoxy) is 1. The molecule has 5 heteroatoms. The van der Waals surface area contributed by atoms with Crippen molar-refractivity contribution in [1.29, 1.82) is 0 Å². The van der Waals surface area contributed by atoms with Crippen molar-refractivity contribution in [2.24, 2.45) is 0 Å². The fourth-order valence-corrected chi connectivity index (χ4v) is 2.56. The lowest BCUT2D eigenvalue weighted by molar-refractivity contribution is -0.120. The SMILES string of the molecule is CCOc1ccc(CC(=O)NCCc2nc3ccccc3[nH]2)cc1. The summed E-state index contributed by atoms with van der Waals surface area (Å²) in [6.45, 7) is 3.15. The van der Waals surface area contributed by atoms with Gasteiger partial charge >= 0.3 is 0 Å². The Kier molecular flexibility index (Phi) is 5.11. The van der Waals surface area contributed by atoms with Crippen LogP contribution in [0, 0.1) is 0 Å². The lowest BCUT2D eigenvalue weighted by Crippen LogP contribution is -2.27. The third-order valence-corrected chi connectivity index (χ3v) is 3.72. The number of aromatic amines is 1. The quantitative estimate of drug-likeness (QED) is 0.702. The van der Waals surface area contributed by atoms with Crippen molar-refractivity contribution in [3.8, 4) is 5.75 Å². The number of hydrogen-bond acceptors (Lipinski definition) is 3. The van der Waals surface area contributed by atoms with Crippen molar-refractivity contribution in [3.05, 3.63) is 59.9 Å². The first kappa shape index (κ1) is 16.1. The lowest BCUT2D eigenvalue weighted by atomic mass is 10.1. The maximum absolute atomic E-state index is 12.0. The first-order valence-corrected chi connectivity index (χ1v) is 8.16. The van der Waals surface area contributed by atoms with Crippen LogP contribution < -0.4 is 10.1 Å². The van der Waals surface area contributed by atoms with Crippen LogP contribution in [0.4, 0.5) is 0 Å². The summed E-state index contributed by atoms with van der Waals surface area (Å²) >= 11 is 0. The van der Waals surface area contributed by atoms with Crippen molar-refractivity contribution >= 4 is 16.9 Å². The Hall–Kier alpha value is -2.82. The molecule has 0 saturated heterocycles. The summed E-state index contributed by atoms with van der Waals surface area (Å²) in [5.41, 5.74) is 2.95. The second-order valence-electron chi connectivity index (χ2n) is 5.55. The van der Waals surface area contributed by atoms with Gasteiger partial charge in [0.15, 0.2) is 0 Å². The zero-order chi connectivity index (χ0) is 16.8. The molecule has 5 nitrogen and oxygen atoms in total. The maximum Gasteiger partial charge on any atom is 0.224 e. The van der Waals surface area contributed by atoms with Crippen molar-refractivity contribution < 1.29 is 9.53 Å². The van der Waals surface area contributed by atoms with E-state index in [1.807, 2.05) is 55.5 Å². The molecule has 0 aliphatic heterocycles. The minimum atomic E-state index is 0.00951. The number of carbonyl (C=O) groups excluding carboxylic acids is 1. The van der Waals surface area contributed by atoms with Gasteiger partial charge in [-0.1, -0.05) is 24.3 Å². The molecule has 0 fully saturated rings. The molecule has 0 spiro atoms. The third-order valence-electron chi connectivity index (χ3n) is 3.72. The van der Waals surface area contributed by atoms with E-state index in [4.69, 9.17) is 4.74 Å². The number of hydrogen-bond donors (Lipinski definition) is 2. The summed E-state index contributed by atoms with van der Waals surface area (Å²) in [5, 5.41) is 2.93. The monoisotopic (exact) mass is 323 g/mol. The van der Waals surface area contributed by atoms with Gasteiger partial charge in [-0.2, -0.15) is 0 Å². The highest BCUT2D eigenvalue weighted by Gasteiger charge is 2.05. The van der Waals surface area contributed by atoms with Gasteiger partial charge in [-0.25, -0.2) is 4.98 Å². The van der Waals surface area contributed by atoms with Crippen LogP contribution in [0.2, 0.25) is 0 Å². The highest BCUT2D eigenvalue weighted by Crippen LogP contribution is 2.12. The minimum Gasteiger partial charge on any atom is -0.494 e. The molecule has 0 radical (unpaired) electrons. The number of imidazole rings is 1. The van der Waals surface area contributed by atoms with Crippen LogP contribution in [-0.2, 0) is 17.6 Å². The molecule has 0 atom stereocenters. The van der Waals surface area contributed by atoms with Gasteiger partial charge in [0.05, 0.1) is 24.1 Å². The molecule has 0 aliphatic rings. The predicted octanol–water partition coefficient (Wildman–Crippen LogP) is 2.86. The van der Waals surface area contributed by atoms with Gasteiger partial charge in [-0.3, -0.25) is 4.79 Å². The average Bonchev–Trinajstić information content (AvgIpc) is 2.99. The summed E-state index contributed by atoms with van der Waals surface area (Å²) in [6, 6.07) is 15.5. The number of aromatic nitrogens is 2. The Morgan fingerprint density at radius 3 is 2.71 bits per heavy atom. The van der Waals surface area contributed by atoms with Gasteiger partial charge in [-0.15, -0.1) is 0 Å². The van der Waals surface area contributed by atoms with E-state index in [9.17, 15) is 4.79 Å². The van der Waals surface area contributed by atoms with E-state index >= 15 is 0 Å². The van der Waals surface area contributed by atoms with Crippen LogP contribution in [0.25, 0.3) is 11.0 Å². The molecule has 3 rings (SSSR count). The Morgan fingerprint density at radius 1 is 1.17 bits per heavy atom. The molecule has 0 saturated carbocycles. The Bertz CT molecular complexity index is 776. The third kappa shape index (κ3) is 4.13. The van der Waals surface area contributed by atoms with E-state index < -0.39 is 0 Å². The zero-order valence-electron chi connectivity index (χ0n) is 13.7. The van der Waals surface area contributed by atoms with Crippen LogP contribution in [0.1, 0.15) is 18.3 Å². The molecule has 0 aliphatic carbocycles. The fourth-order valence-electron chi connectivity index (χ4n) is 2.56. The summed E-state index contributed by atoms with van der Waals surface area (Å²) in [7, 11) is 0. The van der Waals surface area contributed by atoms with Gasteiger partial charge < -0.3 is 15.0 Å². The van der Waals surface area contributed by atoms with E-state index in [-0.39, 0.29) is 5.91 Å². The standard InChI is InChI=1S/C19H21N3O2/c1-2-24-15-9-7-14(8-10-15)13-19(23)20-12-11-18-21-16-5-3-4-6-17(16)22-18/h3-10H,2,11-13H2,1H3,(H,20,23)(H,21,22). The van der Waals surface area contributed by atoms with E-state index in [2.05, 4.69) is 15.3 Å². The molecule has 1 amide bonds. The smallest absolute Gasteiger partial charge is 0.224 e. The number of rotatable bonds is 7. The van der Waals surface area contributed by atoms with E-state index in [1.54, 1.807) is 0 Å². The Morgan fingerprint density at radius 2 is 1.96 bits per heavy atom. The molecule has 124 valence electrons. The van der Waals surface area contributed by atoms with Crippen LogP contribution in [0.15, 0.2) is 48.5 Å². The molecule has 2 aromatic carbocycles. The van der Waals surface area contributed by atoms with Gasteiger partial charge in [0.25, 0.3) is 0 Å². The van der Waals surface area contributed by atoms with Gasteiger partial charge in [0.1, 0.15) is 11.6 Å². The zero-order valence-corrected chi connectivity index (χ0v) is 13.7. The van der Waals surface area contributed by atoms with Crippen LogP contribution in [0.5, 0.6) is 5.75 Å². The van der Waals surface area contributed by atoms with Crippen molar-refractivity contribution in [1.82, 2.24) is 15.3 Å². The number of benzene rings is 2. The van der Waals surface area contributed by atoms with E-state index in [0.29, 0.717) is 26.0 Å². The van der Waals surface area contributed by atoms with Crippen molar-refractivity contribution in [2.75, 3.05) is 13.2 Å². The number of H-pyrrole nitrogens is 1. The topological polar surface area (TPSA) is 67.0 Å². The number of nitrogens with zero attached hydrogens (tertiary/aromatic N) is 1. The van der Waals surface area contributed by atoms with Crippen molar-refractivity contribution in [3.63, 3.8) is 0 Å². The van der Waals surface area contributed by atoms with Crippen LogP contribution in [0.3, 0.4) is 0 Å². The molecule has 2 N–H and O–H groups in total. The van der Waals surface area contributed by atoms with Gasteiger partial charge in [0.2, 0.25) is 5.91 Å². The first-order valence-electron chi connectivity index (χ1n) is 8.16. The Labute approximate surface area is 141 Å².